The third-order valence-corrected chi connectivity index (χ3v) is 4.88. The van der Waals surface area contributed by atoms with Gasteiger partial charge in [-0.15, -0.1) is 0 Å². The smallest absolute Gasteiger partial charge is 0.250 e. The minimum atomic E-state index is -0.582. The molecule has 6 nitrogen and oxygen atoms in total. The number of carbonyl (C=O) groups excluding carboxylic acids is 1. The van der Waals surface area contributed by atoms with Crippen molar-refractivity contribution in [3.05, 3.63) is 35.0 Å². The number of pyridine rings is 1. The number of halogens is 2. The Morgan fingerprint density at radius 2 is 2.32 bits per heavy atom. The molecule has 2 atom stereocenters. The van der Waals surface area contributed by atoms with E-state index in [0.717, 1.165) is 11.3 Å². The number of hydrogen-bond donors (Lipinski definition) is 1. The number of likely N-dealkylation sites (tertiary alicyclic amines) is 1. The number of anilines is 1. The standard InChI is InChI=1S/C16H18F2N4O2S/c1-9-6-11(24-15-12(17)4-3-5-19-15)7-22(9)8-13-14(18)21-16(25-13)20-10(2)23/h3-5,9,11H,6-8H2,1-2H3,(H,20,21,23)/t9-,11+/m0/s1. The fourth-order valence-electron chi connectivity index (χ4n) is 2.79. The zero-order chi connectivity index (χ0) is 18.0. The second-order valence-corrected chi connectivity index (χ2v) is 7.04. The van der Waals surface area contributed by atoms with E-state index in [2.05, 4.69) is 15.3 Å². The summed E-state index contributed by atoms with van der Waals surface area (Å²) < 4.78 is 33.3. The average molecular weight is 368 g/mol. The van der Waals surface area contributed by atoms with Crippen LogP contribution in [-0.2, 0) is 11.3 Å². The quantitative estimate of drug-likeness (QED) is 0.879. The van der Waals surface area contributed by atoms with E-state index in [-0.39, 0.29) is 29.1 Å². The number of aromatic nitrogens is 2. The molecule has 1 fully saturated rings. The van der Waals surface area contributed by atoms with Crippen molar-refractivity contribution < 1.29 is 18.3 Å². The van der Waals surface area contributed by atoms with E-state index >= 15 is 0 Å². The van der Waals surface area contributed by atoms with Crippen LogP contribution in [0.4, 0.5) is 13.9 Å². The van der Waals surface area contributed by atoms with Gasteiger partial charge in [-0.05, 0) is 19.1 Å². The van der Waals surface area contributed by atoms with Gasteiger partial charge in [0.05, 0.1) is 4.88 Å². The molecule has 25 heavy (non-hydrogen) atoms. The molecule has 1 aliphatic heterocycles. The number of ether oxygens (including phenoxy) is 1. The van der Waals surface area contributed by atoms with E-state index in [4.69, 9.17) is 4.74 Å². The summed E-state index contributed by atoms with van der Waals surface area (Å²) in [6.07, 6.45) is 1.95. The summed E-state index contributed by atoms with van der Waals surface area (Å²) in [7, 11) is 0. The Balaban J connectivity index is 1.63. The van der Waals surface area contributed by atoms with Crippen molar-refractivity contribution in [2.24, 2.45) is 0 Å². The fourth-order valence-corrected chi connectivity index (χ4v) is 3.70. The molecule has 2 aromatic heterocycles. The first-order valence-corrected chi connectivity index (χ1v) is 8.68. The Bertz CT molecular complexity index is 770. The van der Waals surface area contributed by atoms with Gasteiger partial charge in [0, 0.05) is 38.7 Å². The summed E-state index contributed by atoms with van der Waals surface area (Å²) in [4.78, 5) is 21.1. The molecule has 0 aromatic carbocycles. The normalized spacial score (nSPS) is 20.6. The maximum atomic E-state index is 14.0. The molecule has 1 N–H and O–H groups in total. The number of nitrogens with one attached hydrogen (secondary N) is 1. The van der Waals surface area contributed by atoms with Gasteiger partial charge < -0.3 is 10.1 Å². The molecule has 1 amide bonds. The molecule has 134 valence electrons. The first-order valence-electron chi connectivity index (χ1n) is 7.86. The van der Waals surface area contributed by atoms with Gasteiger partial charge in [0.2, 0.25) is 11.9 Å². The lowest BCUT2D eigenvalue weighted by Crippen LogP contribution is -2.28. The molecule has 9 heteroatoms. The first kappa shape index (κ1) is 17.7. The summed E-state index contributed by atoms with van der Waals surface area (Å²) in [5.74, 6) is -1.39. The van der Waals surface area contributed by atoms with E-state index in [9.17, 15) is 13.6 Å². The second-order valence-electron chi connectivity index (χ2n) is 5.96. The molecule has 3 rings (SSSR count). The van der Waals surface area contributed by atoms with Crippen LogP contribution in [0.5, 0.6) is 5.88 Å². The van der Waals surface area contributed by atoms with Gasteiger partial charge >= 0.3 is 0 Å². The number of thiazole rings is 1. The zero-order valence-electron chi connectivity index (χ0n) is 13.8. The predicted octanol–water partition coefficient (Wildman–Crippen LogP) is 2.82. The number of nitrogens with zero attached hydrogens (tertiary/aromatic N) is 3. The van der Waals surface area contributed by atoms with Crippen LogP contribution < -0.4 is 10.1 Å². The lowest BCUT2D eigenvalue weighted by Gasteiger charge is -2.19. The molecule has 0 saturated carbocycles. The van der Waals surface area contributed by atoms with E-state index < -0.39 is 11.8 Å². The molecule has 2 aromatic rings. The van der Waals surface area contributed by atoms with Crippen molar-refractivity contribution in [2.75, 3.05) is 11.9 Å². The van der Waals surface area contributed by atoms with Gasteiger partial charge in [0.25, 0.3) is 5.88 Å². The van der Waals surface area contributed by atoms with E-state index in [0.29, 0.717) is 24.4 Å². The van der Waals surface area contributed by atoms with Gasteiger partial charge in [-0.3, -0.25) is 9.69 Å². The van der Waals surface area contributed by atoms with Crippen molar-refractivity contribution in [1.29, 1.82) is 0 Å². The fraction of sp³-hybridized carbons (Fsp3) is 0.438. The maximum absolute atomic E-state index is 14.0. The summed E-state index contributed by atoms with van der Waals surface area (Å²) in [5, 5.41) is 2.73. The SMILES string of the molecule is CC(=O)Nc1nc(F)c(CN2C[C@H](Oc3ncccc3F)C[C@@H]2C)s1. The van der Waals surface area contributed by atoms with Crippen LogP contribution in [0.15, 0.2) is 18.3 Å². The Labute approximate surface area is 147 Å². The number of rotatable bonds is 5. The van der Waals surface area contributed by atoms with E-state index in [1.807, 2.05) is 11.8 Å². The Hall–Kier alpha value is -2.13. The zero-order valence-corrected chi connectivity index (χ0v) is 14.6. The van der Waals surface area contributed by atoms with Crippen LogP contribution in [0.1, 0.15) is 25.1 Å². The Morgan fingerprint density at radius 1 is 1.52 bits per heavy atom. The van der Waals surface area contributed by atoms with Crippen molar-refractivity contribution >= 4 is 22.4 Å². The highest BCUT2D eigenvalue weighted by molar-refractivity contribution is 7.15. The molecule has 0 spiro atoms. The lowest BCUT2D eigenvalue weighted by molar-refractivity contribution is -0.114. The summed E-state index contributed by atoms with van der Waals surface area (Å²) >= 11 is 1.11. The molecule has 0 radical (unpaired) electrons. The Kier molecular flexibility index (Phi) is 5.24. The van der Waals surface area contributed by atoms with Crippen molar-refractivity contribution in [1.82, 2.24) is 14.9 Å². The van der Waals surface area contributed by atoms with Crippen LogP contribution in [-0.4, -0.2) is 39.5 Å². The highest BCUT2D eigenvalue weighted by Crippen LogP contribution is 2.28. The third kappa shape index (κ3) is 4.29. The van der Waals surface area contributed by atoms with Gasteiger partial charge in [-0.2, -0.15) is 9.37 Å². The van der Waals surface area contributed by atoms with Crippen LogP contribution in [0.25, 0.3) is 0 Å². The van der Waals surface area contributed by atoms with Crippen LogP contribution in [0.3, 0.4) is 0 Å². The van der Waals surface area contributed by atoms with Crippen molar-refractivity contribution in [3.8, 4) is 5.88 Å². The lowest BCUT2D eigenvalue weighted by atomic mass is 10.2. The maximum Gasteiger partial charge on any atom is 0.250 e. The van der Waals surface area contributed by atoms with Gasteiger partial charge in [0.15, 0.2) is 10.9 Å². The molecular formula is C16H18F2N4O2S. The Morgan fingerprint density at radius 3 is 3.04 bits per heavy atom. The van der Waals surface area contributed by atoms with Gasteiger partial charge in [-0.1, -0.05) is 11.3 Å². The predicted molar refractivity (Wildman–Crippen MR) is 89.5 cm³/mol. The molecular weight excluding hydrogens is 350 g/mol. The molecule has 1 saturated heterocycles. The monoisotopic (exact) mass is 368 g/mol. The number of amides is 1. The summed E-state index contributed by atoms with van der Waals surface area (Å²) in [6.45, 7) is 4.24. The van der Waals surface area contributed by atoms with Gasteiger partial charge in [-0.25, -0.2) is 9.37 Å². The molecule has 0 unspecified atom stereocenters. The number of carbonyl (C=O) groups is 1. The topological polar surface area (TPSA) is 67.4 Å². The van der Waals surface area contributed by atoms with Crippen LogP contribution in [0.2, 0.25) is 0 Å². The number of hydrogen-bond acceptors (Lipinski definition) is 6. The minimum Gasteiger partial charge on any atom is -0.471 e. The summed E-state index contributed by atoms with van der Waals surface area (Å²) in [5.41, 5.74) is 0. The minimum absolute atomic E-state index is 0.0153. The molecule has 3 heterocycles. The first-order chi connectivity index (χ1) is 11.9. The van der Waals surface area contributed by atoms with Crippen LogP contribution in [0, 0.1) is 11.8 Å². The highest BCUT2D eigenvalue weighted by atomic mass is 32.1. The van der Waals surface area contributed by atoms with E-state index in [1.165, 1.54) is 25.3 Å². The second kappa shape index (κ2) is 7.40. The van der Waals surface area contributed by atoms with Crippen LogP contribution >= 0.6 is 11.3 Å². The third-order valence-electron chi connectivity index (χ3n) is 3.95. The molecule has 1 aliphatic rings. The average Bonchev–Trinajstić information content (AvgIpc) is 3.04. The van der Waals surface area contributed by atoms with Crippen molar-refractivity contribution in [2.45, 2.75) is 39.0 Å². The van der Waals surface area contributed by atoms with Crippen molar-refractivity contribution in [3.63, 3.8) is 0 Å². The highest BCUT2D eigenvalue weighted by Gasteiger charge is 2.32. The largest absolute Gasteiger partial charge is 0.471 e. The van der Waals surface area contributed by atoms with Gasteiger partial charge in [0.1, 0.15) is 6.10 Å². The summed E-state index contributed by atoms with van der Waals surface area (Å²) in [6, 6.07) is 2.95. The van der Waals surface area contributed by atoms with E-state index in [1.54, 1.807) is 0 Å². The molecule has 0 aliphatic carbocycles. The molecule has 0 bridgehead atoms.